The third-order valence-corrected chi connectivity index (χ3v) is 3.43. The zero-order valence-corrected chi connectivity index (χ0v) is 13.1. The van der Waals surface area contributed by atoms with Gasteiger partial charge in [-0.15, -0.1) is 0 Å². The first kappa shape index (κ1) is 16.9. The van der Waals surface area contributed by atoms with Crippen molar-refractivity contribution >= 4 is 11.6 Å². The molecule has 2 aromatic carbocycles. The number of hydrogen-bond donors (Lipinski definition) is 1. The Hall–Kier alpha value is -2.50. The lowest BCUT2D eigenvalue weighted by Gasteiger charge is -2.17. The summed E-state index contributed by atoms with van der Waals surface area (Å²) in [6, 6.07) is 15.0. The van der Waals surface area contributed by atoms with Crippen LogP contribution in [0.15, 0.2) is 54.6 Å². The number of rotatable bonds is 8. The third kappa shape index (κ3) is 4.25. The molecule has 0 aliphatic carbocycles. The van der Waals surface area contributed by atoms with Crippen molar-refractivity contribution in [2.45, 2.75) is 12.5 Å². The zero-order chi connectivity index (χ0) is 16.7. The Morgan fingerprint density at radius 2 is 1.65 bits per heavy atom. The van der Waals surface area contributed by atoms with E-state index in [0.717, 1.165) is 0 Å². The maximum atomic E-state index is 12.7. The summed E-state index contributed by atoms with van der Waals surface area (Å²) in [4.78, 5) is 29.9. The van der Waals surface area contributed by atoms with Crippen molar-refractivity contribution < 1.29 is 19.2 Å². The molecular formula is C18H19NO4. The van der Waals surface area contributed by atoms with Gasteiger partial charge in [0.25, 0.3) is 0 Å². The molecule has 1 atom stereocenters. The minimum Gasteiger partial charge on any atom is -0.496 e. The van der Waals surface area contributed by atoms with Crippen LogP contribution in [-0.2, 0) is 4.84 Å². The van der Waals surface area contributed by atoms with Crippen molar-refractivity contribution in [1.29, 1.82) is 0 Å². The van der Waals surface area contributed by atoms with Crippen molar-refractivity contribution in [3.8, 4) is 5.75 Å². The lowest BCUT2D eigenvalue weighted by atomic mass is 9.97. The van der Waals surface area contributed by atoms with E-state index in [1.165, 1.54) is 14.2 Å². The molecule has 0 aliphatic rings. The molecule has 0 aromatic heterocycles. The van der Waals surface area contributed by atoms with E-state index in [2.05, 4.69) is 5.48 Å². The van der Waals surface area contributed by atoms with Crippen LogP contribution in [0.3, 0.4) is 0 Å². The number of hydrogen-bond acceptors (Lipinski definition) is 5. The van der Waals surface area contributed by atoms with Crippen LogP contribution in [0.5, 0.6) is 5.75 Å². The molecule has 5 heteroatoms. The van der Waals surface area contributed by atoms with E-state index >= 15 is 0 Å². The molecule has 0 saturated heterocycles. The largest absolute Gasteiger partial charge is 0.496 e. The molecule has 0 aliphatic heterocycles. The summed E-state index contributed by atoms with van der Waals surface area (Å²) >= 11 is 0. The van der Waals surface area contributed by atoms with Gasteiger partial charge in [0.05, 0.1) is 19.8 Å². The Morgan fingerprint density at radius 3 is 2.30 bits per heavy atom. The fourth-order valence-electron chi connectivity index (χ4n) is 2.29. The predicted molar refractivity (Wildman–Crippen MR) is 86.6 cm³/mol. The van der Waals surface area contributed by atoms with Gasteiger partial charge < -0.3 is 9.57 Å². The van der Waals surface area contributed by atoms with Gasteiger partial charge in [-0.1, -0.05) is 42.5 Å². The monoisotopic (exact) mass is 313 g/mol. The van der Waals surface area contributed by atoms with E-state index in [1.54, 1.807) is 48.5 Å². The van der Waals surface area contributed by atoms with Crippen molar-refractivity contribution in [1.82, 2.24) is 5.48 Å². The van der Waals surface area contributed by atoms with Gasteiger partial charge in [0.15, 0.2) is 11.6 Å². The molecule has 0 radical (unpaired) electrons. The highest BCUT2D eigenvalue weighted by Crippen LogP contribution is 2.20. The fraction of sp³-hybridized carbons (Fsp3) is 0.222. The lowest BCUT2D eigenvalue weighted by Crippen LogP contribution is -2.38. The van der Waals surface area contributed by atoms with Crippen LogP contribution in [0, 0.1) is 0 Å². The van der Waals surface area contributed by atoms with Crippen LogP contribution in [0.2, 0.25) is 0 Å². The maximum Gasteiger partial charge on any atom is 0.186 e. The first-order valence-electron chi connectivity index (χ1n) is 7.21. The van der Waals surface area contributed by atoms with Gasteiger partial charge in [-0.05, 0) is 12.1 Å². The van der Waals surface area contributed by atoms with Crippen LogP contribution in [-0.4, -0.2) is 31.8 Å². The Labute approximate surface area is 135 Å². The molecule has 23 heavy (non-hydrogen) atoms. The molecule has 0 fully saturated rings. The first-order chi connectivity index (χ1) is 11.2. The summed E-state index contributed by atoms with van der Waals surface area (Å²) < 4.78 is 5.21. The predicted octanol–water partition coefficient (Wildman–Crippen LogP) is 2.67. The van der Waals surface area contributed by atoms with E-state index in [9.17, 15) is 9.59 Å². The molecule has 0 saturated carbocycles. The molecule has 0 bridgehead atoms. The van der Waals surface area contributed by atoms with Crippen LogP contribution in [0.1, 0.15) is 27.1 Å². The quantitative estimate of drug-likeness (QED) is 0.599. The number of nitrogens with one attached hydrogen (secondary N) is 1. The molecule has 1 N–H and O–H groups in total. The average Bonchev–Trinajstić information content (AvgIpc) is 2.61. The fourth-order valence-corrected chi connectivity index (χ4v) is 2.29. The second kappa shape index (κ2) is 8.22. The Morgan fingerprint density at radius 1 is 1.00 bits per heavy atom. The highest BCUT2D eigenvalue weighted by atomic mass is 16.6. The Kier molecular flexibility index (Phi) is 6.02. The van der Waals surface area contributed by atoms with Gasteiger partial charge in [-0.2, -0.15) is 5.48 Å². The number of ketones is 2. The highest BCUT2D eigenvalue weighted by molar-refractivity contribution is 6.06. The average molecular weight is 313 g/mol. The number of Topliss-reactive ketones (excluding diaryl/α,β-unsaturated/α-hetero) is 2. The van der Waals surface area contributed by atoms with Crippen LogP contribution >= 0.6 is 0 Å². The SMILES string of the molecule is CONC(CC(=O)c1ccccc1)C(=O)c1ccccc1OC. The normalized spacial score (nSPS) is 11.7. The lowest BCUT2D eigenvalue weighted by molar-refractivity contribution is 0.0472. The van der Waals surface area contributed by atoms with E-state index in [-0.39, 0.29) is 18.0 Å². The minimum absolute atomic E-state index is 0.00522. The number of ether oxygens (including phenoxy) is 1. The summed E-state index contributed by atoms with van der Waals surface area (Å²) in [5.41, 5.74) is 3.57. The number of methoxy groups -OCH3 is 1. The molecular weight excluding hydrogens is 294 g/mol. The Bertz CT molecular complexity index is 670. The topological polar surface area (TPSA) is 64.6 Å². The summed E-state index contributed by atoms with van der Waals surface area (Å²) in [5, 5.41) is 0. The Balaban J connectivity index is 2.21. The second-order valence-corrected chi connectivity index (χ2v) is 4.93. The summed E-state index contributed by atoms with van der Waals surface area (Å²) in [7, 11) is 2.91. The molecule has 0 spiro atoms. The van der Waals surface area contributed by atoms with Gasteiger partial charge >= 0.3 is 0 Å². The van der Waals surface area contributed by atoms with Gasteiger partial charge in [-0.3, -0.25) is 9.59 Å². The van der Waals surface area contributed by atoms with E-state index in [0.29, 0.717) is 16.9 Å². The third-order valence-electron chi connectivity index (χ3n) is 3.43. The summed E-state index contributed by atoms with van der Waals surface area (Å²) in [6.45, 7) is 0. The smallest absolute Gasteiger partial charge is 0.186 e. The number of benzene rings is 2. The van der Waals surface area contributed by atoms with Gasteiger partial charge in [0.2, 0.25) is 0 Å². The zero-order valence-electron chi connectivity index (χ0n) is 13.1. The number of carbonyl (C=O) groups excluding carboxylic acids is 2. The summed E-state index contributed by atoms with van der Waals surface area (Å²) in [6.07, 6.45) is -0.00522. The highest BCUT2D eigenvalue weighted by Gasteiger charge is 2.25. The number of carbonyl (C=O) groups is 2. The van der Waals surface area contributed by atoms with Crippen LogP contribution in [0.4, 0.5) is 0 Å². The van der Waals surface area contributed by atoms with E-state index < -0.39 is 6.04 Å². The van der Waals surface area contributed by atoms with Gasteiger partial charge in [-0.25, -0.2) is 0 Å². The number of para-hydroxylation sites is 1. The van der Waals surface area contributed by atoms with Crippen LogP contribution < -0.4 is 10.2 Å². The molecule has 1 unspecified atom stereocenters. The maximum absolute atomic E-state index is 12.7. The molecule has 2 aromatic rings. The van der Waals surface area contributed by atoms with Crippen LogP contribution in [0.25, 0.3) is 0 Å². The van der Waals surface area contributed by atoms with E-state index in [1.807, 2.05) is 6.07 Å². The van der Waals surface area contributed by atoms with Crippen molar-refractivity contribution in [3.63, 3.8) is 0 Å². The van der Waals surface area contributed by atoms with Gasteiger partial charge in [0, 0.05) is 12.0 Å². The first-order valence-corrected chi connectivity index (χ1v) is 7.21. The molecule has 120 valence electrons. The molecule has 0 amide bonds. The number of hydroxylamine groups is 1. The van der Waals surface area contributed by atoms with Gasteiger partial charge in [0.1, 0.15) is 11.8 Å². The van der Waals surface area contributed by atoms with Crippen molar-refractivity contribution in [3.05, 3.63) is 65.7 Å². The van der Waals surface area contributed by atoms with Crippen molar-refractivity contribution in [2.24, 2.45) is 0 Å². The summed E-state index contributed by atoms with van der Waals surface area (Å²) in [5.74, 6) is 0.0737. The second-order valence-electron chi connectivity index (χ2n) is 4.93. The molecule has 2 rings (SSSR count). The van der Waals surface area contributed by atoms with Crippen molar-refractivity contribution in [2.75, 3.05) is 14.2 Å². The molecule has 5 nitrogen and oxygen atoms in total. The standard InChI is InChI=1S/C18H19NO4/c1-22-17-11-7-6-10-14(17)18(21)15(19-23-2)12-16(20)13-8-4-3-5-9-13/h3-11,15,19H,12H2,1-2H3. The molecule has 0 heterocycles. The minimum atomic E-state index is -0.788. The van der Waals surface area contributed by atoms with E-state index in [4.69, 9.17) is 9.57 Å².